The van der Waals surface area contributed by atoms with Gasteiger partial charge in [0.05, 0.1) is 16.0 Å². The number of para-hydroxylation sites is 1. The fourth-order valence-corrected chi connectivity index (χ4v) is 4.34. The van der Waals surface area contributed by atoms with Crippen LogP contribution in [-0.2, 0) is 4.79 Å². The molecule has 0 saturated carbocycles. The number of likely N-dealkylation sites (N-methyl/N-ethyl adjacent to an activating group) is 1. The monoisotopic (exact) mass is 493 g/mol. The van der Waals surface area contributed by atoms with Gasteiger partial charge in [0.15, 0.2) is 11.5 Å². The molecule has 0 aliphatic carbocycles. The zero-order valence-electron chi connectivity index (χ0n) is 16.0. The number of carbonyl (C=O) groups is 1. The summed E-state index contributed by atoms with van der Waals surface area (Å²) in [6, 6.07) is 13.3. The molecule has 1 aliphatic heterocycles. The van der Waals surface area contributed by atoms with Gasteiger partial charge in [0.2, 0.25) is 0 Å². The Bertz CT molecular complexity index is 934. The van der Waals surface area contributed by atoms with Crippen molar-refractivity contribution in [3.05, 3.63) is 57.4 Å². The maximum Gasteiger partial charge on any atom is 0.265 e. The minimum absolute atomic E-state index is 0.104. The van der Waals surface area contributed by atoms with Gasteiger partial charge in [-0.15, -0.1) is 0 Å². The average molecular weight is 494 g/mol. The molecular formula is C21H20BrNO4S2. The normalized spacial score (nSPS) is 15.1. The van der Waals surface area contributed by atoms with Crippen LogP contribution in [0, 0.1) is 0 Å². The molecule has 1 heterocycles. The number of nitrogens with zero attached hydrogens (tertiary/aromatic N) is 1. The van der Waals surface area contributed by atoms with E-state index in [0.717, 1.165) is 15.8 Å². The summed E-state index contributed by atoms with van der Waals surface area (Å²) in [5.41, 5.74) is 0.821. The van der Waals surface area contributed by atoms with Gasteiger partial charge >= 0.3 is 0 Å². The summed E-state index contributed by atoms with van der Waals surface area (Å²) in [5, 5.41) is 0. The second kappa shape index (κ2) is 10.1. The number of halogens is 1. The second-order valence-electron chi connectivity index (χ2n) is 6.01. The molecule has 0 spiro atoms. The van der Waals surface area contributed by atoms with Gasteiger partial charge in [0.25, 0.3) is 5.91 Å². The van der Waals surface area contributed by atoms with Gasteiger partial charge in [-0.3, -0.25) is 9.69 Å². The lowest BCUT2D eigenvalue weighted by atomic mass is 10.2. The van der Waals surface area contributed by atoms with Gasteiger partial charge < -0.3 is 14.2 Å². The molecule has 2 aromatic carbocycles. The van der Waals surface area contributed by atoms with Crippen LogP contribution < -0.4 is 14.2 Å². The minimum Gasteiger partial charge on any atom is -0.490 e. The molecule has 0 N–H and O–H groups in total. The largest absolute Gasteiger partial charge is 0.490 e. The quantitative estimate of drug-likeness (QED) is 0.288. The molecule has 5 nitrogen and oxygen atoms in total. The summed E-state index contributed by atoms with van der Waals surface area (Å²) in [4.78, 5) is 14.3. The Kier molecular flexibility index (Phi) is 7.57. The van der Waals surface area contributed by atoms with E-state index in [0.29, 0.717) is 40.5 Å². The molecule has 152 valence electrons. The SMILES string of the molecule is CCOc1cc(/C=C2\SC(=S)N(C)C2=O)cc(Br)c1OCCOc1ccccc1. The van der Waals surface area contributed by atoms with Crippen molar-refractivity contribution >= 4 is 56.2 Å². The molecule has 0 bridgehead atoms. The van der Waals surface area contributed by atoms with Crippen molar-refractivity contribution in [3.63, 3.8) is 0 Å². The lowest BCUT2D eigenvalue weighted by Crippen LogP contribution is -2.22. The molecule has 0 atom stereocenters. The standard InChI is InChI=1S/C21H20BrNO4S2/c1-3-25-17-12-14(13-18-20(24)23(2)21(28)29-18)11-16(22)19(17)27-10-9-26-15-7-5-4-6-8-15/h4-8,11-13H,3,9-10H2,1-2H3/b18-13-. The van der Waals surface area contributed by atoms with E-state index in [2.05, 4.69) is 15.9 Å². The van der Waals surface area contributed by atoms with E-state index in [-0.39, 0.29) is 5.91 Å². The number of carbonyl (C=O) groups excluding carboxylic acids is 1. The Hall–Kier alpha value is -2.03. The Balaban J connectivity index is 1.72. The molecular weight excluding hydrogens is 474 g/mol. The molecule has 0 unspecified atom stereocenters. The Morgan fingerprint density at radius 3 is 2.52 bits per heavy atom. The van der Waals surface area contributed by atoms with Crippen LogP contribution in [0.15, 0.2) is 51.8 Å². The number of thiocarbonyl (C=S) groups is 1. The summed E-state index contributed by atoms with van der Waals surface area (Å²) in [6.07, 6.45) is 1.80. The molecule has 8 heteroatoms. The first-order valence-corrected chi connectivity index (χ1v) is 11.0. The van der Waals surface area contributed by atoms with Crippen LogP contribution in [0.3, 0.4) is 0 Å². The first-order valence-electron chi connectivity index (χ1n) is 8.98. The van der Waals surface area contributed by atoms with E-state index in [1.807, 2.05) is 49.4 Å². The molecule has 0 aromatic heterocycles. The van der Waals surface area contributed by atoms with Crippen LogP contribution in [0.5, 0.6) is 17.2 Å². The van der Waals surface area contributed by atoms with Gasteiger partial charge in [-0.25, -0.2) is 0 Å². The molecule has 1 saturated heterocycles. The van der Waals surface area contributed by atoms with Crippen LogP contribution in [0.1, 0.15) is 12.5 Å². The number of hydrogen-bond donors (Lipinski definition) is 0. The number of benzene rings is 2. The fraction of sp³-hybridized carbons (Fsp3) is 0.238. The van der Waals surface area contributed by atoms with Crippen molar-refractivity contribution < 1.29 is 19.0 Å². The van der Waals surface area contributed by atoms with Crippen molar-refractivity contribution in [2.45, 2.75) is 6.92 Å². The van der Waals surface area contributed by atoms with Gasteiger partial charge in [-0.05, 0) is 58.8 Å². The molecule has 0 radical (unpaired) electrons. The smallest absolute Gasteiger partial charge is 0.265 e. The Morgan fingerprint density at radius 1 is 1.14 bits per heavy atom. The summed E-state index contributed by atoms with van der Waals surface area (Å²) < 4.78 is 18.6. The number of hydrogen-bond acceptors (Lipinski definition) is 6. The predicted molar refractivity (Wildman–Crippen MR) is 124 cm³/mol. The van der Waals surface area contributed by atoms with Crippen molar-refractivity contribution in [1.82, 2.24) is 4.90 Å². The number of rotatable bonds is 8. The highest BCUT2D eigenvalue weighted by Crippen LogP contribution is 2.39. The number of amides is 1. The van der Waals surface area contributed by atoms with Crippen LogP contribution >= 0.6 is 39.9 Å². The van der Waals surface area contributed by atoms with Crippen LogP contribution in [0.4, 0.5) is 0 Å². The summed E-state index contributed by atoms with van der Waals surface area (Å²) in [6.45, 7) is 3.17. The average Bonchev–Trinajstić information content (AvgIpc) is 2.94. The lowest BCUT2D eigenvalue weighted by molar-refractivity contribution is -0.121. The maximum atomic E-state index is 12.2. The third-order valence-corrected chi connectivity index (χ3v) is 6.03. The summed E-state index contributed by atoms with van der Waals surface area (Å²) in [5.74, 6) is 1.89. The summed E-state index contributed by atoms with van der Waals surface area (Å²) >= 11 is 10.0. The molecule has 29 heavy (non-hydrogen) atoms. The molecule has 2 aromatic rings. The van der Waals surface area contributed by atoms with E-state index in [4.69, 9.17) is 26.4 Å². The highest BCUT2D eigenvalue weighted by Gasteiger charge is 2.28. The molecule has 1 aliphatic rings. The van der Waals surface area contributed by atoms with Crippen LogP contribution in [0.2, 0.25) is 0 Å². The zero-order valence-corrected chi connectivity index (χ0v) is 19.2. The first kappa shape index (κ1) is 21.7. The van der Waals surface area contributed by atoms with Gasteiger partial charge in [-0.2, -0.15) is 0 Å². The van der Waals surface area contributed by atoms with Crippen molar-refractivity contribution in [1.29, 1.82) is 0 Å². The van der Waals surface area contributed by atoms with E-state index < -0.39 is 0 Å². The third kappa shape index (κ3) is 5.52. The predicted octanol–water partition coefficient (Wildman–Crippen LogP) is 5.14. The lowest BCUT2D eigenvalue weighted by Gasteiger charge is -2.15. The minimum atomic E-state index is -0.104. The Labute approximate surface area is 188 Å². The highest BCUT2D eigenvalue weighted by atomic mass is 79.9. The van der Waals surface area contributed by atoms with Crippen molar-refractivity contribution in [2.24, 2.45) is 0 Å². The highest BCUT2D eigenvalue weighted by molar-refractivity contribution is 9.10. The first-order chi connectivity index (χ1) is 14.0. The second-order valence-corrected chi connectivity index (χ2v) is 8.54. The summed E-state index contributed by atoms with van der Waals surface area (Å²) in [7, 11) is 1.68. The van der Waals surface area contributed by atoms with Crippen molar-refractivity contribution in [3.8, 4) is 17.2 Å². The zero-order chi connectivity index (χ0) is 20.8. The van der Waals surface area contributed by atoms with E-state index in [1.165, 1.54) is 16.7 Å². The topological polar surface area (TPSA) is 48.0 Å². The fourth-order valence-electron chi connectivity index (χ4n) is 2.59. The van der Waals surface area contributed by atoms with Crippen molar-refractivity contribution in [2.75, 3.05) is 26.9 Å². The third-order valence-electron chi connectivity index (χ3n) is 3.96. The van der Waals surface area contributed by atoms with E-state index in [1.54, 1.807) is 13.1 Å². The van der Waals surface area contributed by atoms with Gasteiger partial charge in [0, 0.05) is 7.05 Å². The molecule has 3 rings (SSSR count). The van der Waals surface area contributed by atoms with E-state index in [9.17, 15) is 4.79 Å². The molecule has 1 amide bonds. The van der Waals surface area contributed by atoms with Crippen LogP contribution in [0.25, 0.3) is 6.08 Å². The number of thioether (sulfide) groups is 1. The van der Waals surface area contributed by atoms with Crippen LogP contribution in [-0.4, -0.2) is 42.0 Å². The van der Waals surface area contributed by atoms with Gasteiger partial charge in [-0.1, -0.05) is 42.2 Å². The Morgan fingerprint density at radius 2 is 1.86 bits per heavy atom. The van der Waals surface area contributed by atoms with Gasteiger partial charge in [0.1, 0.15) is 23.3 Å². The molecule has 1 fully saturated rings. The number of ether oxygens (including phenoxy) is 3. The maximum absolute atomic E-state index is 12.2. The van der Waals surface area contributed by atoms with E-state index >= 15 is 0 Å².